The Balaban J connectivity index is 1.76. The number of carbonyl (C=O) groups is 2. The minimum atomic E-state index is -1.09. The molecule has 7 nitrogen and oxygen atoms in total. The Morgan fingerprint density at radius 3 is 2.36 bits per heavy atom. The van der Waals surface area contributed by atoms with Crippen molar-refractivity contribution in [3.63, 3.8) is 0 Å². The van der Waals surface area contributed by atoms with Crippen molar-refractivity contribution in [3.05, 3.63) is 35.9 Å². The molecule has 0 spiro atoms. The van der Waals surface area contributed by atoms with Crippen LogP contribution >= 0.6 is 0 Å². The molecule has 2 amide bonds. The lowest BCUT2D eigenvalue weighted by Gasteiger charge is -2.31. The second-order valence-electron chi connectivity index (χ2n) is 10.7. The number of aliphatic hydroxyl groups is 1. The number of benzene rings is 1. The summed E-state index contributed by atoms with van der Waals surface area (Å²) in [5.74, 6) is 0.357. The Kier molecular flexibility index (Phi) is 10.8. The highest BCUT2D eigenvalue weighted by atomic mass is 16.3. The SMILES string of the molecule is CC(C)CNC(O)(CCNC(=O)CC(C)(C)CNC(=O)CN1CCCC1)Cc1ccccc1. The summed E-state index contributed by atoms with van der Waals surface area (Å²) in [5, 5.41) is 20.4. The first-order valence-corrected chi connectivity index (χ1v) is 12.3. The molecule has 1 fully saturated rings. The van der Waals surface area contributed by atoms with Crippen molar-refractivity contribution < 1.29 is 14.7 Å². The number of nitrogens with zero attached hydrogens (tertiary/aromatic N) is 1. The van der Waals surface area contributed by atoms with E-state index in [1.165, 1.54) is 0 Å². The van der Waals surface area contributed by atoms with E-state index in [0.717, 1.165) is 31.5 Å². The molecular formula is C26H44N4O3. The Morgan fingerprint density at radius 1 is 1.06 bits per heavy atom. The van der Waals surface area contributed by atoms with Gasteiger partial charge in [-0.25, -0.2) is 0 Å². The molecule has 33 heavy (non-hydrogen) atoms. The summed E-state index contributed by atoms with van der Waals surface area (Å²) in [6.45, 7) is 12.1. The molecule has 2 rings (SSSR count). The molecule has 1 heterocycles. The van der Waals surface area contributed by atoms with Gasteiger partial charge in [0.05, 0.1) is 6.54 Å². The summed E-state index contributed by atoms with van der Waals surface area (Å²) in [4.78, 5) is 26.9. The van der Waals surface area contributed by atoms with Gasteiger partial charge in [-0.1, -0.05) is 58.0 Å². The quantitative estimate of drug-likeness (QED) is 0.320. The Hall–Kier alpha value is -1.96. The number of amides is 2. The van der Waals surface area contributed by atoms with Crippen LogP contribution in [0, 0.1) is 11.3 Å². The van der Waals surface area contributed by atoms with Crippen LogP contribution in [-0.4, -0.2) is 66.8 Å². The van der Waals surface area contributed by atoms with Crippen LogP contribution in [0.2, 0.25) is 0 Å². The minimum absolute atomic E-state index is 0.0209. The Bertz CT molecular complexity index is 732. The summed E-state index contributed by atoms with van der Waals surface area (Å²) < 4.78 is 0. The van der Waals surface area contributed by atoms with Gasteiger partial charge in [0.25, 0.3) is 0 Å². The first-order chi connectivity index (χ1) is 15.6. The maximum absolute atomic E-state index is 12.6. The fourth-order valence-electron chi connectivity index (χ4n) is 4.07. The Morgan fingerprint density at radius 2 is 1.73 bits per heavy atom. The molecule has 4 N–H and O–H groups in total. The summed E-state index contributed by atoms with van der Waals surface area (Å²) in [7, 11) is 0. The van der Waals surface area contributed by atoms with Crippen molar-refractivity contribution in [3.8, 4) is 0 Å². The van der Waals surface area contributed by atoms with Crippen molar-refractivity contribution in [1.29, 1.82) is 0 Å². The molecule has 1 saturated heterocycles. The van der Waals surface area contributed by atoms with E-state index in [1.807, 2.05) is 44.2 Å². The molecule has 1 unspecified atom stereocenters. The molecule has 1 atom stereocenters. The van der Waals surface area contributed by atoms with Gasteiger partial charge in [0.2, 0.25) is 11.8 Å². The largest absolute Gasteiger partial charge is 0.375 e. The van der Waals surface area contributed by atoms with Crippen molar-refractivity contribution in [2.75, 3.05) is 39.3 Å². The van der Waals surface area contributed by atoms with Crippen LogP contribution in [0.3, 0.4) is 0 Å². The lowest BCUT2D eigenvalue weighted by atomic mass is 9.88. The molecule has 0 bridgehead atoms. The van der Waals surface area contributed by atoms with Crippen molar-refractivity contribution in [2.45, 2.75) is 65.5 Å². The molecule has 0 aromatic heterocycles. The molecule has 186 valence electrons. The lowest BCUT2D eigenvalue weighted by Crippen LogP contribution is -2.50. The third-order valence-electron chi connectivity index (χ3n) is 6.01. The van der Waals surface area contributed by atoms with E-state index in [2.05, 4.69) is 34.7 Å². The smallest absolute Gasteiger partial charge is 0.234 e. The van der Waals surface area contributed by atoms with Crippen LogP contribution in [-0.2, 0) is 16.0 Å². The monoisotopic (exact) mass is 460 g/mol. The van der Waals surface area contributed by atoms with E-state index >= 15 is 0 Å². The topological polar surface area (TPSA) is 93.7 Å². The summed E-state index contributed by atoms with van der Waals surface area (Å²) in [6.07, 6.45) is 3.52. The van der Waals surface area contributed by atoms with Crippen LogP contribution in [0.4, 0.5) is 0 Å². The van der Waals surface area contributed by atoms with E-state index in [-0.39, 0.29) is 17.2 Å². The first-order valence-electron chi connectivity index (χ1n) is 12.3. The molecule has 0 aliphatic carbocycles. The zero-order valence-corrected chi connectivity index (χ0v) is 21.0. The average Bonchev–Trinajstić information content (AvgIpc) is 3.24. The van der Waals surface area contributed by atoms with Crippen LogP contribution < -0.4 is 16.0 Å². The molecule has 1 aliphatic rings. The number of likely N-dealkylation sites (tertiary alicyclic amines) is 1. The van der Waals surface area contributed by atoms with E-state index in [1.54, 1.807) is 0 Å². The lowest BCUT2D eigenvalue weighted by molar-refractivity contribution is -0.125. The van der Waals surface area contributed by atoms with Gasteiger partial charge in [-0.2, -0.15) is 0 Å². The molecule has 7 heteroatoms. The second kappa shape index (κ2) is 13.1. The normalized spacial score (nSPS) is 16.5. The fourth-order valence-corrected chi connectivity index (χ4v) is 4.07. The molecule has 0 radical (unpaired) electrons. The number of carbonyl (C=O) groups excluding carboxylic acids is 2. The fraction of sp³-hybridized carbons (Fsp3) is 0.692. The summed E-state index contributed by atoms with van der Waals surface area (Å²) in [6, 6.07) is 9.89. The average molecular weight is 461 g/mol. The molecular weight excluding hydrogens is 416 g/mol. The maximum Gasteiger partial charge on any atom is 0.234 e. The zero-order chi connectivity index (χ0) is 24.3. The molecule has 1 aromatic carbocycles. The van der Waals surface area contributed by atoms with Gasteiger partial charge in [-0.15, -0.1) is 0 Å². The van der Waals surface area contributed by atoms with Gasteiger partial charge in [0.1, 0.15) is 5.72 Å². The second-order valence-corrected chi connectivity index (χ2v) is 10.7. The van der Waals surface area contributed by atoms with E-state index in [9.17, 15) is 14.7 Å². The summed E-state index contributed by atoms with van der Waals surface area (Å²) >= 11 is 0. The third kappa shape index (κ3) is 11.1. The van der Waals surface area contributed by atoms with Crippen LogP contribution in [0.25, 0.3) is 0 Å². The number of nitrogens with one attached hydrogen (secondary N) is 3. The highest BCUT2D eigenvalue weighted by Crippen LogP contribution is 2.19. The van der Waals surface area contributed by atoms with Crippen molar-refractivity contribution in [2.24, 2.45) is 11.3 Å². The molecule has 0 saturated carbocycles. The van der Waals surface area contributed by atoms with Gasteiger partial charge in [-0.05, 0) is 42.8 Å². The van der Waals surface area contributed by atoms with Crippen molar-refractivity contribution in [1.82, 2.24) is 20.9 Å². The van der Waals surface area contributed by atoms with Gasteiger partial charge in [-0.3, -0.25) is 19.8 Å². The van der Waals surface area contributed by atoms with Crippen LogP contribution in [0.15, 0.2) is 30.3 Å². The van der Waals surface area contributed by atoms with Crippen LogP contribution in [0.5, 0.6) is 0 Å². The maximum atomic E-state index is 12.6. The standard InChI is InChI=1S/C26H44N4O3/c1-21(2)18-29-26(33,16-22-10-6-5-7-11-22)12-13-27-23(31)17-25(3,4)20-28-24(32)19-30-14-8-9-15-30/h5-7,10-11,21,29,33H,8-9,12-20H2,1-4H3,(H,27,31)(H,28,32). The minimum Gasteiger partial charge on any atom is -0.375 e. The first kappa shape index (κ1) is 27.3. The van der Waals surface area contributed by atoms with Gasteiger partial charge in [0.15, 0.2) is 0 Å². The predicted molar refractivity (Wildman–Crippen MR) is 133 cm³/mol. The van der Waals surface area contributed by atoms with Crippen molar-refractivity contribution >= 4 is 11.8 Å². The number of rotatable bonds is 14. The van der Waals surface area contributed by atoms with E-state index in [0.29, 0.717) is 51.4 Å². The number of hydrogen-bond donors (Lipinski definition) is 4. The van der Waals surface area contributed by atoms with Gasteiger partial charge >= 0.3 is 0 Å². The highest BCUT2D eigenvalue weighted by molar-refractivity contribution is 5.79. The third-order valence-corrected chi connectivity index (χ3v) is 6.01. The highest BCUT2D eigenvalue weighted by Gasteiger charge is 2.28. The number of hydrogen-bond acceptors (Lipinski definition) is 5. The molecule has 1 aromatic rings. The predicted octanol–water partition coefficient (Wildman–Crippen LogP) is 2.30. The summed E-state index contributed by atoms with van der Waals surface area (Å²) in [5.41, 5.74) is -0.382. The molecule has 1 aliphatic heterocycles. The van der Waals surface area contributed by atoms with Gasteiger partial charge < -0.3 is 15.7 Å². The zero-order valence-electron chi connectivity index (χ0n) is 21.0. The van der Waals surface area contributed by atoms with Crippen LogP contribution in [0.1, 0.15) is 58.9 Å². The van der Waals surface area contributed by atoms with E-state index in [4.69, 9.17) is 0 Å². The van der Waals surface area contributed by atoms with E-state index < -0.39 is 5.72 Å². The Labute approximate surface area is 199 Å². The van der Waals surface area contributed by atoms with Gasteiger partial charge in [0, 0.05) is 38.9 Å².